The molecule has 1 saturated carbocycles. The molecule has 78 valence electrons. The van der Waals surface area contributed by atoms with E-state index in [9.17, 15) is 5.11 Å². The van der Waals surface area contributed by atoms with Crippen LogP contribution in [0.5, 0.6) is 0 Å². The Morgan fingerprint density at radius 2 is 2.21 bits per heavy atom. The Balaban J connectivity index is 1.96. The quantitative estimate of drug-likeness (QED) is 0.794. The highest BCUT2D eigenvalue weighted by molar-refractivity contribution is 7.07. The predicted molar refractivity (Wildman–Crippen MR) is 60.6 cm³/mol. The Labute approximate surface area is 89.8 Å². The number of thiophene rings is 1. The van der Waals surface area contributed by atoms with E-state index in [4.69, 9.17) is 0 Å². The van der Waals surface area contributed by atoms with Crippen LogP contribution >= 0.6 is 11.3 Å². The smallest absolute Gasteiger partial charge is 0.0688 e. The molecule has 0 aromatic carbocycles. The second-order valence-electron chi connectivity index (χ2n) is 4.72. The van der Waals surface area contributed by atoms with Gasteiger partial charge in [0.15, 0.2) is 0 Å². The van der Waals surface area contributed by atoms with Gasteiger partial charge in [-0.2, -0.15) is 11.3 Å². The van der Waals surface area contributed by atoms with Crippen molar-refractivity contribution >= 4 is 11.3 Å². The fourth-order valence-corrected chi connectivity index (χ4v) is 2.92. The Bertz CT molecular complexity index is 271. The summed E-state index contributed by atoms with van der Waals surface area (Å²) in [6, 6.07) is 2.13. The lowest BCUT2D eigenvalue weighted by Gasteiger charge is -2.34. The van der Waals surface area contributed by atoms with Gasteiger partial charge in [-0.3, -0.25) is 0 Å². The van der Waals surface area contributed by atoms with E-state index in [1.165, 1.54) is 18.4 Å². The third-order valence-corrected chi connectivity index (χ3v) is 4.05. The summed E-state index contributed by atoms with van der Waals surface area (Å²) >= 11 is 1.72. The summed E-state index contributed by atoms with van der Waals surface area (Å²) < 4.78 is 0. The zero-order valence-electron chi connectivity index (χ0n) is 8.70. The molecule has 1 nitrogen and oxygen atoms in total. The van der Waals surface area contributed by atoms with Crippen molar-refractivity contribution in [2.75, 3.05) is 0 Å². The SMILES string of the molecule is CC1CCC(O)(Cc2ccsc2)CC1. The maximum atomic E-state index is 10.4. The Kier molecular flexibility index (Phi) is 2.93. The van der Waals surface area contributed by atoms with E-state index in [0.717, 1.165) is 25.2 Å². The highest BCUT2D eigenvalue weighted by Gasteiger charge is 2.31. The Hall–Kier alpha value is -0.340. The number of hydrogen-bond acceptors (Lipinski definition) is 2. The van der Waals surface area contributed by atoms with Gasteiger partial charge in [-0.25, -0.2) is 0 Å². The summed E-state index contributed by atoms with van der Waals surface area (Å²) in [5.74, 6) is 0.803. The summed E-state index contributed by atoms with van der Waals surface area (Å²) in [5.41, 5.74) is 0.889. The van der Waals surface area contributed by atoms with Crippen LogP contribution in [0.15, 0.2) is 16.8 Å². The molecule has 0 spiro atoms. The third kappa shape index (κ3) is 2.37. The van der Waals surface area contributed by atoms with Gasteiger partial charge in [0, 0.05) is 6.42 Å². The van der Waals surface area contributed by atoms with Gasteiger partial charge in [0.2, 0.25) is 0 Å². The van der Waals surface area contributed by atoms with Crippen molar-refractivity contribution in [3.05, 3.63) is 22.4 Å². The first-order valence-electron chi connectivity index (χ1n) is 5.41. The van der Waals surface area contributed by atoms with E-state index in [0.29, 0.717) is 0 Å². The molecule has 1 aliphatic rings. The van der Waals surface area contributed by atoms with Crippen molar-refractivity contribution in [2.24, 2.45) is 5.92 Å². The highest BCUT2D eigenvalue weighted by atomic mass is 32.1. The third-order valence-electron chi connectivity index (χ3n) is 3.32. The van der Waals surface area contributed by atoms with E-state index in [2.05, 4.69) is 23.8 Å². The first-order chi connectivity index (χ1) is 6.68. The molecule has 0 saturated heterocycles. The largest absolute Gasteiger partial charge is 0.390 e. The molecule has 1 fully saturated rings. The van der Waals surface area contributed by atoms with Crippen LogP contribution in [0.3, 0.4) is 0 Å². The minimum Gasteiger partial charge on any atom is -0.390 e. The minimum absolute atomic E-state index is 0.409. The average molecular weight is 210 g/mol. The van der Waals surface area contributed by atoms with Crippen LogP contribution in [0.4, 0.5) is 0 Å². The van der Waals surface area contributed by atoms with Crippen LogP contribution in [0.1, 0.15) is 38.2 Å². The molecule has 0 atom stereocenters. The molecule has 2 rings (SSSR count). The van der Waals surface area contributed by atoms with Gasteiger partial charge in [-0.1, -0.05) is 6.92 Å². The predicted octanol–water partition coefficient (Wildman–Crippen LogP) is 3.23. The Morgan fingerprint density at radius 1 is 1.50 bits per heavy atom. The van der Waals surface area contributed by atoms with E-state index in [-0.39, 0.29) is 0 Å². The minimum atomic E-state index is -0.409. The molecular formula is C12H18OS. The van der Waals surface area contributed by atoms with Crippen LogP contribution in [0, 0.1) is 5.92 Å². The molecule has 0 unspecified atom stereocenters. The standard InChI is InChI=1S/C12H18OS/c1-10-2-5-12(13,6-3-10)8-11-4-7-14-9-11/h4,7,9-10,13H,2-3,5-6,8H2,1H3. The van der Waals surface area contributed by atoms with Crippen molar-refractivity contribution in [1.29, 1.82) is 0 Å². The number of hydrogen-bond donors (Lipinski definition) is 1. The lowest BCUT2D eigenvalue weighted by Crippen LogP contribution is -2.35. The fourth-order valence-electron chi connectivity index (χ4n) is 2.25. The van der Waals surface area contributed by atoms with Gasteiger partial charge in [0.25, 0.3) is 0 Å². The van der Waals surface area contributed by atoms with Gasteiger partial charge in [-0.15, -0.1) is 0 Å². The molecule has 0 bridgehead atoms. The molecule has 1 aliphatic carbocycles. The lowest BCUT2D eigenvalue weighted by atomic mass is 9.77. The summed E-state index contributed by atoms with van der Waals surface area (Å²) in [4.78, 5) is 0. The zero-order valence-corrected chi connectivity index (χ0v) is 9.52. The number of aliphatic hydroxyl groups is 1. The summed E-state index contributed by atoms with van der Waals surface area (Å²) in [7, 11) is 0. The molecule has 0 amide bonds. The van der Waals surface area contributed by atoms with E-state index in [1.54, 1.807) is 11.3 Å². The van der Waals surface area contributed by atoms with Crippen LogP contribution in [-0.2, 0) is 6.42 Å². The molecule has 0 aliphatic heterocycles. The highest BCUT2D eigenvalue weighted by Crippen LogP contribution is 2.34. The lowest BCUT2D eigenvalue weighted by molar-refractivity contribution is -0.00659. The van der Waals surface area contributed by atoms with Crippen LogP contribution in [0.25, 0.3) is 0 Å². The molecule has 1 aromatic heterocycles. The van der Waals surface area contributed by atoms with Gasteiger partial charge in [0.05, 0.1) is 5.60 Å². The summed E-state index contributed by atoms with van der Waals surface area (Å²) in [6.07, 6.45) is 5.17. The van der Waals surface area contributed by atoms with E-state index in [1.807, 2.05) is 0 Å². The maximum Gasteiger partial charge on any atom is 0.0688 e. The van der Waals surface area contributed by atoms with Gasteiger partial charge >= 0.3 is 0 Å². The molecule has 1 aromatic rings. The summed E-state index contributed by atoms with van der Waals surface area (Å²) in [6.45, 7) is 2.28. The summed E-state index contributed by atoms with van der Waals surface area (Å²) in [5, 5.41) is 14.6. The van der Waals surface area contributed by atoms with Crippen LogP contribution in [0.2, 0.25) is 0 Å². The van der Waals surface area contributed by atoms with Crippen molar-refractivity contribution in [2.45, 2.75) is 44.6 Å². The van der Waals surface area contributed by atoms with Gasteiger partial charge < -0.3 is 5.11 Å². The van der Waals surface area contributed by atoms with Crippen molar-refractivity contribution in [3.63, 3.8) is 0 Å². The normalized spacial score (nSPS) is 33.1. The maximum absolute atomic E-state index is 10.4. The monoisotopic (exact) mass is 210 g/mol. The van der Waals surface area contributed by atoms with E-state index >= 15 is 0 Å². The second-order valence-corrected chi connectivity index (χ2v) is 5.50. The first kappa shape index (κ1) is 10.2. The molecule has 2 heteroatoms. The molecular weight excluding hydrogens is 192 g/mol. The zero-order chi connectivity index (χ0) is 10.0. The van der Waals surface area contributed by atoms with Crippen molar-refractivity contribution < 1.29 is 5.11 Å². The Morgan fingerprint density at radius 3 is 2.79 bits per heavy atom. The number of rotatable bonds is 2. The van der Waals surface area contributed by atoms with Crippen molar-refractivity contribution in [1.82, 2.24) is 0 Å². The molecule has 14 heavy (non-hydrogen) atoms. The topological polar surface area (TPSA) is 20.2 Å². The second kappa shape index (κ2) is 4.03. The molecule has 1 N–H and O–H groups in total. The van der Waals surface area contributed by atoms with Gasteiger partial charge in [0.1, 0.15) is 0 Å². The van der Waals surface area contributed by atoms with Crippen LogP contribution < -0.4 is 0 Å². The average Bonchev–Trinajstić information content (AvgIpc) is 2.63. The first-order valence-corrected chi connectivity index (χ1v) is 6.36. The fraction of sp³-hybridized carbons (Fsp3) is 0.667. The molecule has 1 heterocycles. The van der Waals surface area contributed by atoms with Crippen LogP contribution in [-0.4, -0.2) is 10.7 Å². The van der Waals surface area contributed by atoms with Gasteiger partial charge in [-0.05, 0) is 54.0 Å². The van der Waals surface area contributed by atoms with E-state index < -0.39 is 5.60 Å². The van der Waals surface area contributed by atoms with Crippen molar-refractivity contribution in [3.8, 4) is 0 Å². The molecule has 0 radical (unpaired) electrons.